The van der Waals surface area contributed by atoms with Gasteiger partial charge in [-0.2, -0.15) is 0 Å². The quantitative estimate of drug-likeness (QED) is 0.176. The monoisotopic (exact) mass is 676 g/mol. The minimum absolute atomic E-state index is 0.409. The van der Waals surface area contributed by atoms with E-state index in [0.717, 1.165) is 80.6 Å². The van der Waals surface area contributed by atoms with Crippen LogP contribution < -0.4 is 0 Å². The number of benzene rings is 4. The molecule has 4 unspecified atom stereocenters. The molecule has 4 atom stereocenters. The van der Waals surface area contributed by atoms with E-state index in [1.54, 1.807) is 12.0 Å². The van der Waals surface area contributed by atoms with Crippen LogP contribution in [0.1, 0.15) is 55.5 Å². The first-order valence-corrected chi connectivity index (χ1v) is 19.6. The summed E-state index contributed by atoms with van der Waals surface area (Å²) >= 11 is 0. The van der Waals surface area contributed by atoms with Crippen molar-refractivity contribution in [3.63, 3.8) is 0 Å². The average Bonchev–Trinajstić information content (AvgIpc) is 3.20. The van der Waals surface area contributed by atoms with Gasteiger partial charge in [-0.05, 0) is 140 Å². The largest absolute Gasteiger partial charge is 0.258 e. The number of aryl methyl sites for hydroxylation is 2. The van der Waals surface area contributed by atoms with Crippen LogP contribution in [0.5, 0.6) is 0 Å². The molecule has 0 N–H and O–H groups in total. The second-order valence-corrected chi connectivity index (χ2v) is 16.9. The van der Waals surface area contributed by atoms with Gasteiger partial charge in [0.05, 0.1) is 0 Å². The summed E-state index contributed by atoms with van der Waals surface area (Å²) < 4.78 is 0. The van der Waals surface area contributed by atoms with Crippen molar-refractivity contribution in [2.24, 2.45) is 41.4 Å². The molecule has 0 saturated heterocycles. The van der Waals surface area contributed by atoms with Gasteiger partial charge in [-0.1, -0.05) is 91.0 Å². The second-order valence-electron chi connectivity index (χ2n) is 16.9. The van der Waals surface area contributed by atoms with E-state index in [9.17, 15) is 0 Å². The number of rotatable bonds is 6. The Kier molecular flexibility index (Phi) is 6.79. The van der Waals surface area contributed by atoms with Gasteiger partial charge in [0.2, 0.25) is 0 Å². The van der Waals surface area contributed by atoms with Gasteiger partial charge in [0.25, 0.3) is 0 Å². The van der Waals surface area contributed by atoms with Crippen LogP contribution in [0.3, 0.4) is 0 Å². The molecule has 7 aliphatic carbocycles. The van der Waals surface area contributed by atoms with Crippen molar-refractivity contribution in [2.45, 2.75) is 57.8 Å². The fraction of sp³-hybridized carbons (Fsp3) is 0.333. The van der Waals surface area contributed by atoms with E-state index in [2.05, 4.69) is 92.7 Å². The Balaban J connectivity index is 1.05. The summed E-state index contributed by atoms with van der Waals surface area (Å²) in [6, 6.07) is 41.6. The SMILES string of the molecule is Cc1ccc(-c2cc(-c3ccc(C45CC6CC7C8CC(CC74)CC5C8C6)cc3)cc(-c3nc(-c4ccccc4)nc(-c4ccccc4)n3)c2)c(C)n1. The lowest BCUT2D eigenvalue weighted by Gasteiger charge is -2.74. The van der Waals surface area contributed by atoms with Crippen molar-refractivity contribution in [2.75, 3.05) is 0 Å². The summed E-state index contributed by atoms with van der Waals surface area (Å²) in [5.41, 5.74) is 11.7. The van der Waals surface area contributed by atoms with Gasteiger partial charge in [-0.25, -0.2) is 15.0 Å². The van der Waals surface area contributed by atoms with Crippen LogP contribution in [-0.4, -0.2) is 19.9 Å². The van der Waals surface area contributed by atoms with Crippen molar-refractivity contribution in [3.8, 4) is 56.4 Å². The highest BCUT2D eigenvalue weighted by molar-refractivity contribution is 5.81. The third-order valence-electron chi connectivity index (χ3n) is 14.3. The highest BCUT2D eigenvalue weighted by Crippen LogP contribution is 2.76. The van der Waals surface area contributed by atoms with Gasteiger partial charge in [-0.3, -0.25) is 4.98 Å². The molecule has 0 radical (unpaired) electrons. The smallest absolute Gasteiger partial charge is 0.164 e. The zero-order valence-electron chi connectivity index (χ0n) is 30.0. The van der Waals surface area contributed by atoms with Crippen molar-refractivity contribution in [3.05, 3.63) is 132 Å². The summed E-state index contributed by atoms with van der Waals surface area (Å²) in [5.74, 6) is 8.77. The summed E-state index contributed by atoms with van der Waals surface area (Å²) in [6.07, 6.45) is 8.97. The molecular formula is C48H44N4. The minimum atomic E-state index is 0.409. The summed E-state index contributed by atoms with van der Waals surface area (Å²) in [6.45, 7) is 4.17. The molecule has 13 rings (SSSR count). The first kappa shape index (κ1) is 30.6. The number of hydrogen-bond donors (Lipinski definition) is 0. The van der Waals surface area contributed by atoms with E-state index in [0.29, 0.717) is 22.9 Å². The fourth-order valence-corrected chi connectivity index (χ4v) is 12.5. The second kappa shape index (κ2) is 11.5. The molecule has 7 fully saturated rings. The van der Waals surface area contributed by atoms with Crippen LogP contribution >= 0.6 is 0 Å². The van der Waals surface area contributed by atoms with E-state index in [1.165, 1.54) is 43.2 Å². The van der Waals surface area contributed by atoms with Crippen LogP contribution in [-0.2, 0) is 5.41 Å². The zero-order valence-corrected chi connectivity index (χ0v) is 30.0. The molecule has 256 valence electrons. The predicted molar refractivity (Wildman–Crippen MR) is 208 cm³/mol. The molecular weight excluding hydrogens is 633 g/mol. The molecule has 4 nitrogen and oxygen atoms in total. The van der Waals surface area contributed by atoms with Gasteiger partial charge in [0, 0.05) is 39.1 Å². The van der Waals surface area contributed by atoms with Gasteiger partial charge >= 0.3 is 0 Å². The Labute approximate surface area is 306 Å². The Morgan fingerprint density at radius 3 is 1.63 bits per heavy atom. The number of nitrogens with zero attached hydrogens (tertiary/aromatic N) is 4. The zero-order chi connectivity index (χ0) is 34.6. The lowest BCUT2D eigenvalue weighted by atomic mass is 9.30. The Bertz CT molecular complexity index is 2250. The molecule has 2 aromatic heterocycles. The summed E-state index contributed by atoms with van der Waals surface area (Å²) in [4.78, 5) is 20.1. The molecule has 8 bridgehead atoms. The Morgan fingerprint density at radius 2 is 1.02 bits per heavy atom. The number of aromatic nitrogens is 4. The molecule has 4 heteroatoms. The fourth-order valence-electron chi connectivity index (χ4n) is 12.5. The third kappa shape index (κ3) is 4.65. The van der Waals surface area contributed by atoms with Crippen LogP contribution in [0.4, 0.5) is 0 Å². The molecule has 2 heterocycles. The van der Waals surface area contributed by atoms with Crippen LogP contribution in [0.25, 0.3) is 56.4 Å². The highest BCUT2D eigenvalue weighted by Gasteiger charge is 2.70. The van der Waals surface area contributed by atoms with Gasteiger partial charge in [0.1, 0.15) is 0 Å². The summed E-state index contributed by atoms with van der Waals surface area (Å²) in [5, 5.41) is 0. The molecule has 7 aliphatic rings. The van der Waals surface area contributed by atoms with Crippen molar-refractivity contribution < 1.29 is 0 Å². The Morgan fingerprint density at radius 1 is 0.462 bits per heavy atom. The van der Waals surface area contributed by atoms with E-state index in [4.69, 9.17) is 19.9 Å². The first-order chi connectivity index (χ1) is 25.5. The average molecular weight is 677 g/mol. The standard InChI is InChI=1S/C48H44N4/c1-28-13-18-39(29(2)49-28)36-24-35(25-37(26-36)47-51-45(33-9-5-3-6-10-33)50-46(52-47)34-11-7-4-8-12-34)32-14-16-38(17-15-32)48-27-31-20-41-40-19-30(22-43(41)48)23-44(48)42(40)21-31/h3-18,24-26,30-31,40-44H,19-23,27H2,1-2H3. The highest BCUT2D eigenvalue weighted by atomic mass is 15.0. The van der Waals surface area contributed by atoms with Gasteiger partial charge in [-0.15, -0.1) is 0 Å². The van der Waals surface area contributed by atoms with Crippen molar-refractivity contribution in [1.82, 2.24) is 19.9 Å². The molecule has 0 aliphatic heterocycles. The lowest BCUT2D eigenvalue weighted by Crippen LogP contribution is -2.69. The minimum Gasteiger partial charge on any atom is -0.258 e. The number of hydrogen-bond acceptors (Lipinski definition) is 4. The van der Waals surface area contributed by atoms with E-state index >= 15 is 0 Å². The normalized spacial score (nSPS) is 29.2. The van der Waals surface area contributed by atoms with E-state index < -0.39 is 0 Å². The lowest BCUT2D eigenvalue weighted by molar-refractivity contribution is -0.220. The number of pyridine rings is 1. The molecule has 7 saturated carbocycles. The van der Waals surface area contributed by atoms with Crippen LogP contribution in [0.2, 0.25) is 0 Å². The summed E-state index contributed by atoms with van der Waals surface area (Å²) in [7, 11) is 0. The molecule has 6 aromatic rings. The maximum atomic E-state index is 5.13. The van der Waals surface area contributed by atoms with E-state index in [-0.39, 0.29) is 0 Å². The molecule has 0 amide bonds. The van der Waals surface area contributed by atoms with E-state index in [1.807, 2.05) is 36.4 Å². The first-order valence-electron chi connectivity index (χ1n) is 19.6. The maximum Gasteiger partial charge on any atom is 0.164 e. The topological polar surface area (TPSA) is 51.6 Å². The molecule has 52 heavy (non-hydrogen) atoms. The van der Waals surface area contributed by atoms with Crippen LogP contribution in [0.15, 0.2) is 115 Å². The predicted octanol–water partition coefficient (Wildman–Crippen LogP) is 11.2. The Hall–Kier alpha value is -4.96. The van der Waals surface area contributed by atoms with Crippen LogP contribution in [0, 0.1) is 55.3 Å². The van der Waals surface area contributed by atoms with Gasteiger partial charge < -0.3 is 0 Å². The van der Waals surface area contributed by atoms with Crippen molar-refractivity contribution >= 4 is 0 Å². The third-order valence-corrected chi connectivity index (χ3v) is 14.3. The molecule has 4 aromatic carbocycles. The maximum absolute atomic E-state index is 5.13. The van der Waals surface area contributed by atoms with Gasteiger partial charge in [0.15, 0.2) is 17.5 Å². The van der Waals surface area contributed by atoms with Crippen molar-refractivity contribution in [1.29, 1.82) is 0 Å². The molecule has 0 spiro atoms.